The van der Waals surface area contributed by atoms with E-state index in [1.165, 1.54) is 18.2 Å². The fourth-order valence-electron chi connectivity index (χ4n) is 1.29. The summed E-state index contributed by atoms with van der Waals surface area (Å²) in [5, 5.41) is 10.9. The maximum absolute atomic E-state index is 12.1. The molecule has 0 radical (unpaired) electrons. The highest BCUT2D eigenvalue weighted by molar-refractivity contribution is 5.93. The van der Waals surface area contributed by atoms with Gasteiger partial charge in [0, 0.05) is 12.7 Å². The van der Waals surface area contributed by atoms with Gasteiger partial charge in [0.2, 0.25) is 0 Å². The number of nitrogens with zero attached hydrogens (tertiary/aromatic N) is 1. The van der Waals surface area contributed by atoms with Crippen LogP contribution < -0.4 is 5.32 Å². The van der Waals surface area contributed by atoms with Crippen molar-refractivity contribution < 1.29 is 27.9 Å². The van der Waals surface area contributed by atoms with E-state index >= 15 is 0 Å². The number of carbonyl (C=O) groups excluding carboxylic acids is 1. The number of urea groups is 1. The molecule has 0 saturated carbocycles. The zero-order valence-electron chi connectivity index (χ0n) is 9.86. The molecule has 0 aliphatic carbocycles. The van der Waals surface area contributed by atoms with Crippen molar-refractivity contribution in [1.29, 1.82) is 0 Å². The van der Waals surface area contributed by atoms with Crippen LogP contribution in [0.25, 0.3) is 0 Å². The molecule has 1 rings (SSSR count). The molecule has 0 atom stereocenters. The fourth-order valence-corrected chi connectivity index (χ4v) is 1.29. The largest absolute Gasteiger partial charge is 0.478 e. The van der Waals surface area contributed by atoms with Gasteiger partial charge in [0.15, 0.2) is 0 Å². The van der Waals surface area contributed by atoms with E-state index in [4.69, 9.17) is 5.11 Å². The minimum Gasteiger partial charge on any atom is -0.478 e. The van der Waals surface area contributed by atoms with Crippen molar-refractivity contribution in [3.8, 4) is 0 Å². The first-order chi connectivity index (χ1) is 8.69. The van der Waals surface area contributed by atoms with Crippen LogP contribution in [0.15, 0.2) is 24.3 Å². The molecule has 0 fully saturated rings. The number of aromatic carboxylic acids is 1. The van der Waals surface area contributed by atoms with Gasteiger partial charge in [0.1, 0.15) is 6.54 Å². The lowest BCUT2D eigenvalue weighted by molar-refractivity contribution is -0.137. The summed E-state index contributed by atoms with van der Waals surface area (Å²) in [4.78, 5) is 22.6. The first kappa shape index (κ1) is 14.8. The maximum Gasteiger partial charge on any atom is 0.406 e. The molecule has 1 aromatic carbocycles. The molecule has 0 unspecified atom stereocenters. The number of benzene rings is 1. The van der Waals surface area contributed by atoms with Gasteiger partial charge >= 0.3 is 18.2 Å². The molecule has 1 aromatic rings. The number of hydrogen-bond donors (Lipinski definition) is 2. The summed E-state index contributed by atoms with van der Waals surface area (Å²) in [6.45, 7) is -1.39. The van der Waals surface area contributed by atoms with Crippen molar-refractivity contribution in [3.05, 3.63) is 29.8 Å². The van der Waals surface area contributed by atoms with Gasteiger partial charge in [-0.25, -0.2) is 9.59 Å². The van der Waals surface area contributed by atoms with Gasteiger partial charge < -0.3 is 15.3 Å². The highest BCUT2D eigenvalue weighted by Gasteiger charge is 2.31. The van der Waals surface area contributed by atoms with E-state index in [1.807, 2.05) is 0 Å². The minimum atomic E-state index is -4.49. The van der Waals surface area contributed by atoms with Gasteiger partial charge in [-0.1, -0.05) is 6.07 Å². The first-order valence-corrected chi connectivity index (χ1v) is 5.11. The maximum atomic E-state index is 12.1. The van der Waals surface area contributed by atoms with Crippen molar-refractivity contribution >= 4 is 17.7 Å². The van der Waals surface area contributed by atoms with Gasteiger partial charge in [-0.2, -0.15) is 13.2 Å². The normalized spacial score (nSPS) is 10.9. The monoisotopic (exact) mass is 276 g/mol. The lowest BCUT2D eigenvalue weighted by atomic mass is 10.2. The van der Waals surface area contributed by atoms with Crippen LogP contribution in [0.5, 0.6) is 0 Å². The number of halogens is 3. The Morgan fingerprint density at radius 3 is 2.53 bits per heavy atom. The van der Waals surface area contributed by atoms with Crippen molar-refractivity contribution in [1.82, 2.24) is 4.90 Å². The molecular weight excluding hydrogens is 265 g/mol. The standard InChI is InChI=1S/C11H11F3N2O3/c1-16(6-11(12,13)14)10(19)15-8-4-2-3-7(5-8)9(17)18/h2-5H,6H2,1H3,(H,15,19)(H,17,18). The van der Waals surface area contributed by atoms with Crippen molar-refractivity contribution in [2.24, 2.45) is 0 Å². The Morgan fingerprint density at radius 1 is 1.37 bits per heavy atom. The smallest absolute Gasteiger partial charge is 0.406 e. The van der Waals surface area contributed by atoms with Crippen molar-refractivity contribution in [2.45, 2.75) is 6.18 Å². The molecule has 0 aliphatic rings. The van der Waals surface area contributed by atoms with E-state index in [2.05, 4.69) is 5.32 Å². The molecule has 2 amide bonds. The zero-order chi connectivity index (χ0) is 14.6. The summed E-state index contributed by atoms with van der Waals surface area (Å²) in [5.41, 5.74) is 0.0372. The summed E-state index contributed by atoms with van der Waals surface area (Å²) in [5.74, 6) is -1.19. The van der Waals surface area contributed by atoms with Crippen LogP contribution in [-0.2, 0) is 0 Å². The summed E-state index contributed by atoms with van der Waals surface area (Å²) in [7, 11) is 0.990. The lowest BCUT2D eigenvalue weighted by Crippen LogP contribution is -2.38. The number of carbonyl (C=O) groups is 2. The first-order valence-electron chi connectivity index (χ1n) is 5.11. The van der Waals surface area contributed by atoms with Crippen LogP contribution >= 0.6 is 0 Å². The SMILES string of the molecule is CN(CC(F)(F)F)C(=O)Nc1cccc(C(=O)O)c1. The summed E-state index contributed by atoms with van der Waals surface area (Å²) in [6.07, 6.45) is -4.49. The molecule has 8 heteroatoms. The molecule has 104 valence electrons. The average molecular weight is 276 g/mol. The molecule has 5 nitrogen and oxygen atoms in total. The van der Waals surface area contributed by atoms with Gasteiger partial charge in [0.25, 0.3) is 0 Å². The number of hydrogen-bond acceptors (Lipinski definition) is 2. The van der Waals surface area contributed by atoms with Gasteiger partial charge in [-0.15, -0.1) is 0 Å². The predicted molar refractivity (Wildman–Crippen MR) is 61.1 cm³/mol. The Balaban J connectivity index is 2.71. The fraction of sp³-hybridized carbons (Fsp3) is 0.273. The summed E-state index contributed by atoms with van der Waals surface area (Å²) in [6, 6.07) is 4.24. The lowest BCUT2D eigenvalue weighted by Gasteiger charge is -2.19. The topological polar surface area (TPSA) is 69.6 Å². The van der Waals surface area contributed by atoms with Gasteiger partial charge in [-0.05, 0) is 18.2 Å². The van der Waals surface area contributed by atoms with Crippen LogP contribution in [0.3, 0.4) is 0 Å². The zero-order valence-corrected chi connectivity index (χ0v) is 9.86. The number of nitrogens with one attached hydrogen (secondary N) is 1. The second kappa shape index (κ2) is 5.59. The molecule has 0 aliphatic heterocycles. The van der Waals surface area contributed by atoms with E-state index in [1.54, 1.807) is 0 Å². The Morgan fingerprint density at radius 2 is 2.00 bits per heavy atom. The molecule has 2 N–H and O–H groups in total. The van der Waals surface area contributed by atoms with Crippen molar-refractivity contribution in [3.63, 3.8) is 0 Å². The number of carboxylic acids is 1. The number of anilines is 1. The van der Waals surface area contributed by atoms with E-state index in [9.17, 15) is 22.8 Å². The number of alkyl halides is 3. The Labute approximate surface area is 106 Å². The predicted octanol–water partition coefficient (Wildman–Crippen LogP) is 2.41. The van der Waals surface area contributed by atoms with E-state index in [0.717, 1.165) is 13.1 Å². The molecule has 19 heavy (non-hydrogen) atoms. The van der Waals surface area contributed by atoms with Gasteiger partial charge in [0.05, 0.1) is 5.56 Å². The molecule has 0 heterocycles. The highest BCUT2D eigenvalue weighted by atomic mass is 19.4. The molecule has 0 bridgehead atoms. The average Bonchev–Trinajstić information content (AvgIpc) is 2.27. The minimum absolute atomic E-state index is 0.0729. The Kier molecular flexibility index (Phi) is 4.36. The second-order valence-electron chi connectivity index (χ2n) is 3.79. The summed E-state index contributed by atoms with van der Waals surface area (Å²) < 4.78 is 36.2. The quantitative estimate of drug-likeness (QED) is 0.890. The third kappa shape index (κ3) is 4.86. The third-order valence-electron chi connectivity index (χ3n) is 2.12. The third-order valence-corrected chi connectivity index (χ3v) is 2.12. The number of rotatable bonds is 3. The van der Waals surface area contributed by atoms with E-state index < -0.39 is 24.7 Å². The van der Waals surface area contributed by atoms with Crippen LogP contribution in [0.1, 0.15) is 10.4 Å². The highest BCUT2D eigenvalue weighted by Crippen LogP contribution is 2.17. The van der Waals surface area contributed by atoms with Crippen LogP contribution in [0, 0.1) is 0 Å². The molecule has 0 spiro atoms. The molecule has 0 aromatic heterocycles. The van der Waals surface area contributed by atoms with Gasteiger partial charge in [-0.3, -0.25) is 0 Å². The van der Waals surface area contributed by atoms with Crippen molar-refractivity contribution in [2.75, 3.05) is 18.9 Å². The van der Waals surface area contributed by atoms with Crippen LogP contribution in [0.2, 0.25) is 0 Å². The number of amides is 2. The van der Waals surface area contributed by atoms with Crippen LogP contribution in [-0.4, -0.2) is 41.8 Å². The second-order valence-corrected chi connectivity index (χ2v) is 3.79. The molecular formula is C11H11F3N2O3. The number of carboxylic acid groups (broad SMARTS) is 1. The Bertz CT molecular complexity index is 488. The Hall–Kier alpha value is -2.25. The van der Waals surface area contributed by atoms with Crippen LogP contribution in [0.4, 0.5) is 23.7 Å². The van der Waals surface area contributed by atoms with E-state index in [-0.39, 0.29) is 11.3 Å². The molecule has 0 saturated heterocycles. The summed E-state index contributed by atoms with van der Waals surface area (Å²) >= 11 is 0. The van der Waals surface area contributed by atoms with E-state index in [0.29, 0.717) is 4.90 Å².